The van der Waals surface area contributed by atoms with Gasteiger partial charge in [-0.1, -0.05) is 18.2 Å². The number of rotatable bonds is 4. The molecule has 2 heterocycles. The van der Waals surface area contributed by atoms with Gasteiger partial charge in [-0.3, -0.25) is 14.0 Å². The van der Waals surface area contributed by atoms with Crippen molar-refractivity contribution in [1.29, 1.82) is 0 Å². The molecule has 2 aromatic heterocycles. The van der Waals surface area contributed by atoms with E-state index in [1.165, 1.54) is 17.7 Å². The van der Waals surface area contributed by atoms with E-state index >= 15 is 0 Å². The van der Waals surface area contributed by atoms with Crippen LogP contribution in [0.25, 0.3) is 5.65 Å². The van der Waals surface area contributed by atoms with Crippen LogP contribution in [0.5, 0.6) is 0 Å². The minimum absolute atomic E-state index is 0.0284. The van der Waals surface area contributed by atoms with E-state index in [9.17, 15) is 14.4 Å². The Bertz CT molecular complexity index is 1040. The highest BCUT2D eigenvalue weighted by atomic mass is 16.5. The number of nitrogens with zero attached hydrogens (tertiary/aromatic N) is 2. The van der Waals surface area contributed by atoms with Crippen molar-refractivity contribution in [3.05, 3.63) is 81.4 Å². The van der Waals surface area contributed by atoms with Crippen LogP contribution in [0.3, 0.4) is 0 Å². The third kappa shape index (κ3) is 3.46. The van der Waals surface area contributed by atoms with Crippen molar-refractivity contribution in [1.82, 2.24) is 14.7 Å². The number of hydrogen-bond donors (Lipinski definition) is 1. The van der Waals surface area contributed by atoms with Crippen LogP contribution in [0.2, 0.25) is 0 Å². The van der Waals surface area contributed by atoms with Gasteiger partial charge in [-0.05, 0) is 36.2 Å². The summed E-state index contributed by atoms with van der Waals surface area (Å²) in [5.74, 6) is -0.929. The number of ether oxygens (including phenoxy) is 1. The molecule has 0 fully saturated rings. The number of carbonyl (C=O) groups is 2. The van der Waals surface area contributed by atoms with Crippen LogP contribution in [0.15, 0.2) is 53.6 Å². The van der Waals surface area contributed by atoms with Crippen molar-refractivity contribution >= 4 is 17.5 Å². The van der Waals surface area contributed by atoms with Gasteiger partial charge in [0, 0.05) is 18.9 Å². The molecule has 7 heteroatoms. The molecule has 1 amide bonds. The quantitative estimate of drug-likeness (QED) is 0.723. The smallest absolute Gasteiger partial charge is 0.337 e. The summed E-state index contributed by atoms with van der Waals surface area (Å²) in [5.41, 5.74) is 2.14. The minimum Gasteiger partial charge on any atom is -0.465 e. The standard InChI is InChI=1S/C19H17N3O4/c1-12-3-8-16-20-10-15(18(24)22(16)11-12)17(23)21-9-13-4-6-14(7-5-13)19(25)26-2/h3-8,10-11H,9H2,1-2H3,(H,21,23). The second kappa shape index (κ2) is 7.18. The summed E-state index contributed by atoms with van der Waals surface area (Å²) < 4.78 is 5.99. The van der Waals surface area contributed by atoms with E-state index in [4.69, 9.17) is 0 Å². The molecule has 1 aromatic carbocycles. The first-order valence-electron chi connectivity index (χ1n) is 7.93. The van der Waals surface area contributed by atoms with Crippen molar-refractivity contribution in [3.8, 4) is 0 Å². The number of carbonyl (C=O) groups excluding carboxylic acids is 2. The molecule has 3 rings (SSSR count). The first-order chi connectivity index (χ1) is 12.5. The van der Waals surface area contributed by atoms with E-state index in [0.29, 0.717) is 11.2 Å². The summed E-state index contributed by atoms with van der Waals surface area (Å²) in [7, 11) is 1.31. The molecule has 1 N–H and O–H groups in total. The number of hydrogen-bond acceptors (Lipinski definition) is 5. The van der Waals surface area contributed by atoms with Crippen LogP contribution in [-0.4, -0.2) is 28.4 Å². The number of fused-ring (bicyclic) bond motifs is 1. The molecule has 0 bridgehead atoms. The summed E-state index contributed by atoms with van der Waals surface area (Å²) in [6, 6.07) is 10.2. The highest BCUT2D eigenvalue weighted by Gasteiger charge is 2.13. The molecular formula is C19H17N3O4. The van der Waals surface area contributed by atoms with Gasteiger partial charge in [0.2, 0.25) is 0 Å². The summed E-state index contributed by atoms with van der Waals surface area (Å²) in [5, 5.41) is 2.69. The van der Waals surface area contributed by atoms with Crippen LogP contribution in [0.4, 0.5) is 0 Å². The Kier molecular flexibility index (Phi) is 4.79. The molecule has 26 heavy (non-hydrogen) atoms. The Morgan fingerprint density at radius 1 is 1.15 bits per heavy atom. The zero-order chi connectivity index (χ0) is 18.7. The zero-order valence-electron chi connectivity index (χ0n) is 14.4. The average Bonchev–Trinajstić information content (AvgIpc) is 2.66. The molecule has 0 radical (unpaired) electrons. The molecule has 7 nitrogen and oxygen atoms in total. The Balaban J connectivity index is 1.76. The number of methoxy groups -OCH3 is 1. The Labute approximate surface area is 149 Å². The minimum atomic E-state index is -0.504. The molecule has 0 unspecified atom stereocenters. The molecule has 0 aliphatic rings. The van der Waals surface area contributed by atoms with Crippen LogP contribution in [-0.2, 0) is 11.3 Å². The van der Waals surface area contributed by atoms with Crippen LogP contribution in [0.1, 0.15) is 31.8 Å². The summed E-state index contributed by atoms with van der Waals surface area (Å²) in [6.07, 6.45) is 2.93. The number of pyridine rings is 1. The molecular weight excluding hydrogens is 334 g/mol. The number of nitrogens with one attached hydrogen (secondary N) is 1. The Morgan fingerprint density at radius 2 is 1.88 bits per heavy atom. The normalized spacial score (nSPS) is 10.5. The largest absolute Gasteiger partial charge is 0.465 e. The van der Waals surface area contributed by atoms with E-state index in [2.05, 4.69) is 15.0 Å². The van der Waals surface area contributed by atoms with Gasteiger partial charge < -0.3 is 10.1 Å². The monoisotopic (exact) mass is 351 g/mol. The highest BCUT2D eigenvalue weighted by Crippen LogP contribution is 2.06. The fraction of sp³-hybridized carbons (Fsp3) is 0.158. The van der Waals surface area contributed by atoms with Crippen molar-refractivity contribution < 1.29 is 14.3 Å². The second-order valence-corrected chi connectivity index (χ2v) is 5.78. The van der Waals surface area contributed by atoms with Gasteiger partial charge >= 0.3 is 5.97 Å². The van der Waals surface area contributed by atoms with E-state index in [1.54, 1.807) is 36.5 Å². The van der Waals surface area contributed by atoms with Gasteiger partial charge in [-0.2, -0.15) is 0 Å². The summed E-state index contributed by atoms with van der Waals surface area (Å²) in [4.78, 5) is 40.4. The van der Waals surface area contributed by atoms with Crippen molar-refractivity contribution in [2.75, 3.05) is 7.11 Å². The summed E-state index contributed by atoms with van der Waals surface area (Å²) >= 11 is 0. The number of benzene rings is 1. The van der Waals surface area contributed by atoms with Gasteiger partial charge in [-0.15, -0.1) is 0 Å². The van der Waals surface area contributed by atoms with Gasteiger partial charge in [0.05, 0.1) is 12.7 Å². The van der Waals surface area contributed by atoms with Gasteiger partial charge in [-0.25, -0.2) is 9.78 Å². The number of esters is 1. The maximum Gasteiger partial charge on any atom is 0.337 e. The Morgan fingerprint density at radius 3 is 2.58 bits per heavy atom. The topological polar surface area (TPSA) is 89.8 Å². The van der Waals surface area contributed by atoms with Crippen LogP contribution in [0, 0.1) is 6.92 Å². The van der Waals surface area contributed by atoms with E-state index in [-0.39, 0.29) is 12.1 Å². The lowest BCUT2D eigenvalue weighted by Crippen LogP contribution is -2.31. The highest BCUT2D eigenvalue weighted by molar-refractivity contribution is 5.93. The lowest BCUT2D eigenvalue weighted by molar-refractivity contribution is 0.0600. The van der Waals surface area contributed by atoms with Crippen LogP contribution < -0.4 is 10.9 Å². The number of aromatic nitrogens is 2. The predicted octanol–water partition coefficient (Wildman–Crippen LogP) is 1.72. The third-order valence-electron chi connectivity index (χ3n) is 3.92. The van der Waals surface area contributed by atoms with Gasteiger partial charge in [0.1, 0.15) is 11.2 Å². The molecule has 0 spiro atoms. The predicted molar refractivity (Wildman–Crippen MR) is 95.2 cm³/mol. The lowest BCUT2D eigenvalue weighted by atomic mass is 10.1. The molecule has 0 aliphatic heterocycles. The molecule has 3 aromatic rings. The maximum absolute atomic E-state index is 12.5. The molecule has 132 valence electrons. The van der Waals surface area contributed by atoms with E-state index in [1.807, 2.05) is 13.0 Å². The molecule has 0 atom stereocenters. The average molecular weight is 351 g/mol. The Hall–Kier alpha value is -3.48. The van der Waals surface area contributed by atoms with Gasteiger partial charge in [0.15, 0.2) is 0 Å². The SMILES string of the molecule is COC(=O)c1ccc(CNC(=O)c2cnc3ccc(C)cn3c2=O)cc1. The van der Waals surface area contributed by atoms with Crippen molar-refractivity contribution in [2.24, 2.45) is 0 Å². The first-order valence-corrected chi connectivity index (χ1v) is 7.93. The van der Waals surface area contributed by atoms with Crippen LogP contribution >= 0.6 is 0 Å². The fourth-order valence-corrected chi connectivity index (χ4v) is 2.49. The van der Waals surface area contributed by atoms with Gasteiger partial charge in [0.25, 0.3) is 11.5 Å². The zero-order valence-corrected chi connectivity index (χ0v) is 14.4. The van der Waals surface area contributed by atoms with E-state index in [0.717, 1.165) is 11.1 Å². The van der Waals surface area contributed by atoms with E-state index < -0.39 is 17.4 Å². The molecule has 0 saturated heterocycles. The maximum atomic E-state index is 12.5. The summed E-state index contributed by atoms with van der Waals surface area (Å²) in [6.45, 7) is 2.08. The molecule has 0 saturated carbocycles. The fourth-order valence-electron chi connectivity index (χ4n) is 2.49. The van der Waals surface area contributed by atoms with Crippen molar-refractivity contribution in [2.45, 2.75) is 13.5 Å². The number of aryl methyl sites for hydroxylation is 1. The second-order valence-electron chi connectivity index (χ2n) is 5.78. The first kappa shape index (κ1) is 17.3. The lowest BCUT2D eigenvalue weighted by Gasteiger charge is -2.07. The number of amides is 1. The van der Waals surface area contributed by atoms with Crippen molar-refractivity contribution in [3.63, 3.8) is 0 Å². The molecule has 0 aliphatic carbocycles. The third-order valence-corrected chi connectivity index (χ3v) is 3.92.